The number of fused-ring (bicyclic) bond motifs is 1. The number of carbonyl (C=O) groups is 1. The summed E-state index contributed by atoms with van der Waals surface area (Å²) in [5, 5.41) is 10.4. The molecular formula is C26H24N4O2. The van der Waals surface area contributed by atoms with Crippen molar-refractivity contribution < 1.29 is 9.90 Å². The average Bonchev–Trinajstić information content (AvgIpc) is 3.44. The average molecular weight is 425 g/mol. The van der Waals surface area contributed by atoms with Crippen molar-refractivity contribution in [2.75, 3.05) is 6.54 Å². The van der Waals surface area contributed by atoms with Crippen LogP contribution in [0.3, 0.4) is 0 Å². The van der Waals surface area contributed by atoms with Gasteiger partial charge in [-0.25, -0.2) is 4.98 Å². The molecule has 0 saturated heterocycles. The van der Waals surface area contributed by atoms with E-state index in [1.807, 2.05) is 48.4 Å². The Morgan fingerprint density at radius 1 is 1.06 bits per heavy atom. The van der Waals surface area contributed by atoms with E-state index in [1.165, 1.54) is 11.3 Å². The van der Waals surface area contributed by atoms with Crippen molar-refractivity contribution in [2.24, 2.45) is 0 Å². The highest BCUT2D eigenvalue weighted by Crippen LogP contribution is 2.26. The van der Waals surface area contributed by atoms with Gasteiger partial charge < -0.3 is 19.1 Å². The molecule has 3 heterocycles. The van der Waals surface area contributed by atoms with Gasteiger partial charge in [0, 0.05) is 36.8 Å². The lowest BCUT2D eigenvalue weighted by molar-refractivity contribution is -0.127. The third-order valence-electron chi connectivity index (χ3n) is 5.81. The van der Waals surface area contributed by atoms with Crippen LogP contribution >= 0.6 is 0 Å². The van der Waals surface area contributed by atoms with E-state index in [4.69, 9.17) is 0 Å². The quantitative estimate of drug-likeness (QED) is 0.494. The van der Waals surface area contributed by atoms with Crippen molar-refractivity contribution in [3.63, 3.8) is 0 Å². The minimum absolute atomic E-state index is 0.0347. The topological polar surface area (TPSA) is 63.3 Å². The number of phenols is 1. The first kappa shape index (κ1) is 19.9. The van der Waals surface area contributed by atoms with E-state index >= 15 is 0 Å². The zero-order valence-electron chi connectivity index (χ0n) is 17.8. The summed E-state index contributed by atoms with van der Waals surface area (Å²) in [4.78, 5) is 18.8. The number of benzene rings is 2. The van der Waals surface area contributed by atoms with Crippen LogP contribution in [0.4, 0.5) is 0 Å². The minimum Gasteiger partial charge on any atom is -0.506 e. The van der Waals surface area contributed by atoms with E-state index in [0.717, 1.165) is 23.5 Å². The fourth-order valence-electron chi connectivity index (χ4n) is 4.14. The van der Waals surface area contributed by atoms with Crippen LogP contribution in [0.2, 0.25) is 0 Å². The number of imidazole rings is 1. The van der Waals surface area contributed by atoms with Crippen molar-refractivity contribution in [3.8, 4) is 22.7 Å². The Bertz CT molecular complexity index is 1300. The van der Waals surface area contributed by atoms with Crippen LogP contribution in [0.25, 0.3) is 23.0 Å². The number of hydrogen-bond donors (Lipinski definition) is 1. The maximum atomic E-state index is 12.8. The predicted octanol–water partition coefficient (Wildman–Crippen LogP) is 4.41. The third-order valence-corrected chi connectivity index (χ3v) is 5.81. The Kier molecular flexibility index (Phi) is 5.11. The highest BCUT2D eigenvalue weighted by Gasteiger charge is 2.21. The van der Waals surface area contributed by atoms with E-state index in [0.29, 0.717) is 18.8 Å². The van der Waals surface area contributed by atoms with Crippen molar-refractivity contribution in [2.45, 2.75) is 20.0 Å². The highest BCUT2D eigenvalue weighted by molar-refractivity contribution is 5.92. The van der Waals surface area contributed by atoms with Gasteiger partial charge in [0.2, 0.25) is 5.91 Å². The van der Waals surface area contributed by atoms with Gasteiger partial charge in [-0.3, -0.25) is 4.79 Å². The molecule has 0 bridgehead atoms. The monoisotopic (exact) mass is 424 g/mol. The molecular weight excluding hydrogens is 400 g/mol. The Hall–Kier alpha value is -4.06. The number of aryl methyl sites for hydroxylation is 1. The first-order chi connectivity index (χ1) is 15.6. The molecule has 6 nitrogen and oxygen atoms in total. The van der Waals surface area contributed by atoms with Crippen molar-refractivity contribution in [3.05, 3.63) is 96.2 Å². The second kappa shape index (κ2) is 8.23. The van der Waals surface area contributed by atoms with Gasteiger partial charge >= 0.3 is 0 Å². The van der Waals surface area contributed by atoms with E-state index in [2.05, 4.69) is 33.8 Å². The number of aromatic nitrogens is 3. The fraction of sp³-hybridized carbons (Fsp3) is 0.154. The molecule has 32 heavy (non-hydrogen) atoms. The number of rotatable bonds is 4. The number of hydrogen-bond acceptors (Lipinski definition) is 3. The SMILES string of the molecule is Cc1cn(-c2ccc(/C=C/C(=O)N3CCn4c(ccc4-c4ccccc4)C3)cc2O)cn1. The first-order valence-electron chi connectivity index (χ1n) is 10.6. The fourth-order valence-corrected chi connectivity index (χ4v) is 4.14. The molecule has 160 valence electrons. The molecule has 2 aromatic heterocycles. The number of carbonyl (C=O) groups excluding carboxylic acids is 1. The molecule has 1 aliphatic rings. The second-order valence-corrected chi connectivity index (χ2v) is 7.99. The lowest BCUT2D eigenvalue weighted by atomic mass is 10.1. The van der Waals surface area contributed by atoms with Gasteiger partial charge in [-0.2, -0.15) is 0 Å². The van der Waals surface area contributed by atoms with E-state index in [1.54, 1.807) is 29.1 Å². The summed E-state index contributed by atoms with van der Waals surface area (Å²) >= 11 is 0. The van der Waals surface area contributed by atoms with Crippen LogP contribution in [-0.2, 0) is 17.9 Å². The summed E-state index contributed by atoms with van der Waals surface area (Å²) in [5.74, 6) is 0.105. The first-order valence-corrected chi connectivity index (χ1v) is 10.6. The summed E-state index contributed by atoms with van der Waals surface area (Å²) in [6, 6.07) is 19.9. The molecule has 0 saturated carbocycles. The minimum atomic E-state index is -0.0347. The van der Waals surface area contributed by atoms with Crippen LogP contribution in [-0.4, -0.2) is 36.6 Å². The lowest BCUT2D eigenvalue weighted by Gasteiger charge is -2.29. The maximum Gasteiger partial charge on any atom is 0.246 e. The Balaban J connectivity index is 1.28. The number of phenolic OH excluding ortho intramolecular Hbond substituents is 1. The molecule has 2 aromatic carbocycles. The van der Waals surface area contributed by atoms with Crippen LogP contribution in [0, 0.1) is 6.92 Å². The third kappa shape index (κ3) is 3.83. The number of aromatic hydroxyl groups is 1. The normalized spacial score (nSPS) is 13.5. The molecule has 0 spiro atoms. The standard InChI is InChI=1S/C26H24N4O2/c1-19-16-29(18-27-19)24-10-7-20(15-25(24)31)8-12-26(32)28-13-14-30-22(17-28)9-11-23(30)21-5-3-2-4-6-21/h2-12,15-16,18,31H,13-14,17H2,1H3/b12-8+. The molecule has 0 unspecified atom stereocenters. The van der Waals surface area contributed by atoms with Gasteiger partial charge in [-0.15, -0.1) is 0 Å². The van der Waals surface area contributed by atoms with E-state index in [9.17, 15) is 9.90 Å². The smallest absolute Gasteiger partial charge is 0.246 e. The molecule has 6 heteroatoms. The summed E-state index contributed by atoms with van der Waals surface area (Å²) in [5.41, 5.74) is 5.81. The van der Waals surface area contributed by atoms with Gasteiger partial charge in [0.1, 0.15) is 5.75 Å². The van der Waals surface area contributed by atoms with Crippen LogP contribution in [0.1, 0.15) is 17.0 Å². The predicted molar refractivity (Wildman–Crippen MR) is 124 cm³/mol. The Labute approximate surface area is 186 Å². The largest absolute Gasteiger partial charge is 0.506 e. The maximum absolute atomic E-state index is 12.8. The van der Waals surface area contributed by atoms with Crippen LogP contribution in [0.5, 0.6) is 5.75 Å². The lowest BCUT2D eigenvalue weighted by Crippen LogP contribution is -2.37. The molecule has 0 radical (unpaired) electrons. The highest BCUT2D eigenvalue weighted by atomic mass is 16.3. The molecule has 5 rings (SSSR count). The van der Waals surface area contributed by atoms with E-state index in [-0.39, 0.29) is 11.7 Å². The number of nitrogens with zero attached hydrogens (tertiary/aromatic N) is 4. The molecule has 1 aliphatic heterocycles. The molecule has 0 atom stereocenters. The summed E-state index contributed by atoms with van der Waals surface area (Å²) < 4.78 is 4.06. The summed E-state index contributed by atoms with van der Waals surface area (Å²) in [6.07, 6.45) is 6.84. The van der Waals surface area contributed by atoms with Crippen molar-refractivity contribution in [1.29, 1.82) is 0 Å². The van der Waals surface area contributed by atoms with E-state index < -0.39 is 0 Å². The van der Waals surface area contributed by atoms with Gasteiger partial charge in [-0.1, -0.05) is 36.4 Å². The van der Waals surface area contributed by atoms with Crippen LogP contribution < -0.4 is 0 Å². The zero-order valence-corrected chi connectivity index (χ0v) is 17.8. The van der Waals surface area contributed by atoms with Gasteiger partial charge in [-0.05, 0) is 48.4 Å². The molecule has 0 fully saturated rings. The van der Waals surface area contributed by atoms with Crippen LogP contribution in [0.15, 0.2) is 79.3 Å². The Morgan fingerprint density at radius 2 is 1.91 bits per heavy atom. The molecule has 1 amide bonds. The van der Waals surface area contributed by atoms with Crippen molar-refractivity contribution in [1.82, 2.24) is 19.0 Å². The summed E-state index contributed by atoms with van der Waals surface area (Å²) in [7, 11) is 0. The Morgan fingerprint density at radius 3 is 2.66 bits per heavy atom. The van der Waals surface area contributed by atoms with Crippen molar-refractivity contribution >= 4 is 12.0 Å². The van der Waals surface area contributed by atoms with Gasteiger partial charge in [0.05, 0.1) is 24.3 Å². The zero-order chi connectivity index (χ0) is 22.1. The second-order valence-electron chi connectivity index (χ2n) is 7.99. The molecule has 4 aromatic rings. The van der Waals surface area contributed by atoms with Gasteiger partial charge in [0.15, 0.2) is 0 Å². The molecule has 0 aliphatic carbocycles. The molecule has 1 N–H and O–H groups in total. The van der Waals surface area contributed by atoms with Gasteiger partial charge in [0.25, 0.3) is 0 Å². The number of amides is 1. The summed E-state index contributed by atoms with van der Waals surface area (Å²) in [6.45, 7) is 3.91.